The Morgan fingerprint density at radius 1 is 1.17 bits per heavy atom. The fourth-order valence-corrected chi connectivity index (χ4v) is 2.56. The van der Waals surface area contributed by atoms with E-state index in [1.165, 1.54) is 6.42 Å². The molecular formula is C22H37N7. The highest BCUT2D eigenvalue weighted by Gasteiger charge is 2.14. The first-order valence-electron chi connectivity index (χ1n) is 10.6. The van der Waals surface area contributed by atoms with Crippen LogP contribution in [0.4, 0.5) is 11.5 Å². The van der Waals surface area contributed by atoms with Gasteiger partial charge in [-0.2, -0.15) is 10.2 Å². The minimum Gasteiger partial charge on any atom is -0.353 e. The zero-order valence-corrected chi connectivity index (χ0v) is 19.1. The van der Waals surface area contributed by atoms with Gasteiger partial charge in [0.15, 0.2) is 11.6 Å². The molecular weight excluding hydrogens is 362 g/mol. The van der Waals surface area contributed by atoms with Gasteiger partial charge >= 0.3 is 0 Å². The van der Waals surface area contributed by atoms with Gasteiger partial charge in [-0.25, -0.2) is 4.98 Å². The van der Waals surface area contributed by atoms with Crippen LogP contribution in [0.3, 0.4) is 0 Å². The van der Waals surface area contributed by atoms with Crippen molar-refractivity contribution in [2.75, 3.05) is 36.5 Å². The van der Waals surface area contributed by atoms with Crippen LogP contribution in [0.1, 0.15) is 53.5 Å². The Bertz CT molecular complexity index is 749. The molecule has 3 rings (SSSR count). The van der Waals surface area contributed by atoms with Gasteiger partial charge < -0.3 is 10.2 Å². The fraction of sp³-hybridized carbons (Fsp3) is 0.545. The van der Waals surface area contributed by atoms with Gasteiger partial charge in [0.1, 0.15) is 0 Å². The maximum atomic E-state index is 4.69. The molecule has 0 amide bonds. The molecule has 1 aliphatic heterocycles. The number of piperazine rings is 1. The maximum Gasteiger partial charge on any atom is 0.183 e. The molecule has 0 spiro atoms. The Labute approximate surface area is 176 Å². The van der Waals surface area contributed by atoms with E-state index >= 15 is 0 Å². The molecule has 29 heavy (non-hydrogen) atoms. The van der Waals surface area contributed by atoms with E-state index in [0.717, 1.165) is 54.5 Å². The van der Waals surface area contributed by atoms with Crippen molar-refractivity contribution < 1.29 is 0 Å². The number of anilines is 2. The summed E-state index contributed by atoms with van der Waals surface area (Å²) in [5.41, 5.74) is 7.08. The van der Waals surface area contributed by atoms with Crippen LogP contribution in [0, 0.1) is 6.92 Å². The molecule has 1 aliphatic rings. The summed E-state index contributed by atoms with van der Waals surface area (Å²) in [6.07, 6.45) is 2.98. The third-order valence-electron chi connectivity index (χ3n) is 3.87. The van der Waals surface area contributed by atoms with Crippen LogP contribution in [0.2, 0.25) is 0 Å². The standard InChI is InChI=1S/C17H23N7.C3H8.C2H6/c1-12(2)21-22-15-5-4-14(10-13(15)3)17-20-16(11-19-23-17)24-8-6-18-7-9-24;1-3-2;1-2/h4-5,10-11,18,22H,6-9H2,1-3H3;3H2,1-2H3;1-2H3. The molecule has 0 aliphatic carbocycles. The van der Waals surface area contributed by atoms with E-state index in [0.29, 0.717) is 5.82 Å². The van der Waals surface area contributed by atoms with E-state index in [4.69, 9.17) is 0 Å². The van der Waals surface area contributed by atoms with Crippen molar-refractivity contribution in [3.8, 4) is 11.4 Å². The normalized spacial score (nSPS) is 12.7. The number of hydrazone groups is 1. The van der Waals surface area contributed by atoms with Gasteiger partial charge in [-0.15, -0.1) is 5.10 Å². The molecule has 1 aromatic heterocycles. The second-order valence-corrected chi connectivity index (χ2v) is 6.78. The van der Waals surface area contributed by atoms with Crippen LogP contribution in [0.15, 0.2) is 29.5 Å². The number of rotatable bonds is 4. The smallest absolute Gasteiger partial charge is 0.183 e. The van der Waals surface area contributed by atoms with Crippen LogP contribution in [-0.4, -0.2) is 47.1 Å². The molecule has 1 fully saturated rings. The molecule has 2 aromatic rings. The van der Waals surface area contributed by atoms with Crippen LogP contribution in [0.5, 0.6) is 0 Å². The number of hydrogen-bond acceptors (Lipinski definition) is 7. The van der Waals surface area contributed by atoms with Gasteiger partial charge in [-0.3, -0.25) is 5.43 Å². The molecule has 0 radical (unpaired) electrons. The lowest BCUT2D eigenvalue weighted by Gasteiger charge is -2.28. The van der Waals surface area contributed by atoms with Crippen molar-refractivity contribution in [3.63, 3.8) is 0 Å². The Balaban J connectivity index is 0.000000771. The van der Waals surface area contributed by atoms with E-state index < -0.39 is 0 Å². The summed E-state index contributed by atoms with van der Waals surface area (Å²) < 4.78 is 0. The predicted octanol–water partition coefficient (Wildman–Crippen LogP) is 4.51. The first kappa shape index (κ1) is 24.5. The van der Waals surface area contributed by atoms with Crippen LogP contribution in [-0.2, 0) is 0 Å². The molecule has 160 valence electrons. The van der Waals surface area contributed by atoms with Gasteiger partial charge in [-0.05, 0) is 44.5 Å². The fourth-order valence-electron chi connectivity index (χ4n) is 2.56. The van der Waals surface area contributed by atoms with Gasteiger partial charge in [0, 0.05) is 37.5 Å². The minimum atomic E-state index is 0.649. The maximum absolute atomic E-state index is 4.69. The van der Waals surface area contributed by atoms with Crippen molar-refractivity contribution >= 4 is 17.2 Å². The first-order valence-corrected chi connectivity index (χ1v) is 10.6. The van der Waals surface area contributed by atoms with Crippen LogP contribution in [0.25, 0.3) is 11.4 Å². The SMILES string of the molecule is CC.CC(C)=NNc1ccc(-c2nncc(N3CCNCC3)n2)cc1C.CCC. The molecule has 7 nitrogen and oxygen atoms in total. The van der Waals surface area contributed by atoms with E-state index in [-0.39, 0.29) is 0 Å². The number of benzene rings is 1. The van der Waals surface area contributed by atoms with Gasteiger partial charge in [-0.1, -0.05) is 34.1 Å². The summed E-state index contributed by atoms with van der Waals surface area (Å²) in [5, 5.41) is 15.9. The molecule has 1 aromatic carbocycles. The average molecular weight is 400 g/mol. The second kappa shape index (κ2) is 13.6. The van der Waals surface area contributed by atoms with Crippen molar-refractivity contribution in [1.29, 1.82) is 0 Å². The molecule has 2 heterocycles. The quantitative estimate of drug-likeness (QED) is 0.582. The number of aryl methyl sites for hydroxylation is 1. The predicted molar refractivity (Wildman–Crippen MR) is 125 cm³/mol. The molecule has 0 atom stereocenters. The molecule has 2 N–H and O–H groups in total. The summed E-state index contributed by atoms with van der Waals surface area (Å²) in [5.74, 6) is 1.53. The Kier molecular flexibility index (Phi) is 11.5. The highest BCUT2D eigenvalue weighted by atomic mass is 15.3. The Morgan fingerprint density at radius 2 is 1.83 bits per heavy atom. The lowest BCUT2D eigenvalue weighted by Crippen LogP contribution is -2.44. The topological polar surface area (TPSA) is 78.3 Å². The molecule has 0 unspecified atom stereocenters. The summed E-state index contributed by atoms with van der Waals surface area (Å²) >= 11 is 0. The van der Waals surface area contributed by atoms with Crippen LogP contribution >= 0.6 is 0 Å². The lowest BCUT2D eigenvalue weighted by atomic mass is 10.1. The number of nitrogens with zero attached hydrogens (tertiary/aromatic N) is 5. The number of aromatic nitrogens is 3. The van der Waals surface area contributed by atoms with E-state index in [2.05, 4.69) is 55.8 Å². The van der Waals surface area contributed by atoms with Crippen molar-refractivity contribution in [1.82, 2.24) is 20.5 Å². The minimum absolute atomic E-state index is 0.649. The van der Waals surface area contributed by atoms with E-state index in [1.807, 2.05) is 46.8 Å². The van der Waals surface area contributed by atoms with Crippen molar-refractivity contribution in [3.05, 3.63) is 30.0 Å². The number of hydrogen-bond donors (Lipinski definition) is 2. The summed E-state index contributed by atoms with van der Waals surface area (Å²) in [4.78, 5) is 6.92. The highest BCUT2D eigenvalue weighted by Crippen LogP contribution is 2.23. The molecule has 7 heteroatoms. The molecule has 1 saturated heterocycles. The Morgan fingerprint density at radius 3 is 2.41 bits per heavy atom. The van der Waals surface area contributed by atoms with Crippen molar-refractivity contribution in [2.24, 2.45) is 5.10 Å². The summed E-state index contributed by atoms with van der Waals surface area (Å²) in [6.45, 7) is 18.0. The lowest BCUT2D eigenvalue weighted by molar-refractivity contribution is 0.583. The highest BCUT2D eigenvalue weighted by molar-refractivity contribution is 5.80. The third kappa shape index (κ3) is 8.15. The third-order valence-corrected chi connectivity index (χ3v) is 3.87. The molecule has 0 saturated carbocycles. The first-order chi connectivity index (χ1) is 14.0. The Hall–Kier alpha value is -2.54. The second-order valence-electron chi connectivity index (χ2n) is 6.78. The number of nitrogens with one attached hydrogen (secondary N) is 2. The zero-order valence-electron chi connectivity index (χ0n) is 19.1. The molecule has 0 bridgehead atoms. The van der Waals surface area contributed by atoms with Crippen molar-refractivity contribution in [2.45, 2.75) is 54.9 Å². The average Bonchev–Trinajstić information content (AvgIpc) is 2.75. The van der Waals surface area contributed by atoms with E-state index in [1.54, 1.807) is 6.20 Å². The van der Waals surface area contributed by atoms with Gasteiger partial charge in [0.05, 0.1) is 11.9 Å². The van der Waals surface area contributed by atoms with E-state index in [9.17, 15) is 0 Å². The van der Waals surface area contributed by atoms with Crippen LogP contribution < -0.4 is 15.6 Å². The van der Waals surface area contributed by atoms with Gasteiger partial charge in [0.2, 0.25) is 0 Å². The summed E-state index contributed by atoms with van der Waals surface area (Å²) in [6, 6.07) is 6.05. The largest absolute Gasteiger partial charge is 0.353 e. The monoisotopic (exact) mass is 399 g/mol. The zero-order chi connectivity index (χ0) is 21.6. The van der Waals surface area contributed by atoms with Gasteiger partial charge in [0.25, 0.3) is 0 Å². The summed E-state index contributed by atoms with van der Waals surface area (Å²) in [7, 11) is 0.